The number of nitrogens with zero attached hydrogens (tertiary/aromatic N) is 2. The third-order valence-corrected chi connectivity index (χ3v) is 3.69. The molecule has 22 heavy (non-hydrogen) atoms. The number of piperidine rings is 1. The van der Waals surface area contributed by atoms with Crippen LogP contribution < -0.4 is 4.74 Å². The number of likely N-dealkylation sites (tertiary alicyclic amines) is 1. The van der Waals surface area contributed by atoms with E-state index in [1.54, 1.807) is 32.3 Å². The van der Waals surface area contributed by atoms with Crippen LogP contribution in [-0.4, -0.2) is 54.7 Å². The molecule has 1 aromatic carbocycles. The highest BCUT2D eigenvalue weighted by molar-refractivity contribution is 5.85. The molecule has 1 fully saturated rings. The van der Waals surface area contributed by atoms with Crippen molar-refractivity contribution in [3.8, 4) is 5.75 Å². The smallest absolute Gasteiger partial charge is 0.410 e. The van der Waals surface area contributed by atoms with Gasteiger partial charge in [-0.15, -0.1) is 12.4 Å². The van der Waals surface area contributed by atoms with Gasteiger partial charge in [-0.25, -0.2) is 4.79 Å². The summed E-state index contributed by atoms with van der Waals surface area (Å²) in [5, 5.41) is 10.3. The predicted octanol–water partition coefficient (Wildman–Crippen LogP) is 2.69. The van der Waals surface area contributed by atoms with Gasteiger partial charge in [-0.2, -0.15) is 0 Å². The molecule has 1 unspecified atom stereocenters. The first-order valence-corrected chi connectivity index (χ1v) is 7.46. The first-order chi connectivity index (χ1) is 10.1. The zero-order chi connectivity index (χ0) is 15.2. The second-order valence-electron chi connectivity index (χ2n) is 5.71. The van der Waals surface area contributed by atoms with E-state index >= 15 is 0 Å². The quantitative estimate of drug-likeness (QED) is 0.923. The largest absolute Gasteiger partial charge is 0.414 e. The topological polar surface area (TPSA) is 53.0 Å². The van der Waals surface area contributed by atoms with Crippen molar-refractivity contribution < 1.29 is 14.6 Å². The van der Waals surface area contributed by atoms with E-state index in [2.05, 4.69) is 4.90 Å². The van der Waals surface area contributed by atoms with E-state index in [-0.39, 0.29) is 12.4 Å². The highest BCUT2D eigenvalue weighted by Crippen LogP contribution is 2.22. The van der Waals surface area contributed by atoms with Crippen LogP contribution in [0.3, 0.4) is 0 Å². The lowest BCUT2D eigenvalue weighted by molar-refractivity contribution is 0.101. The minimum absolute atomic E-state index is 0. The third-order valence-electron chi connectivity index (χ3n) is 3.69. The number of hydrogen-bond acceptors (Lipinski definition) is 4. The maximum Gasteiger partial charge on any atom is 0.414 e. The van der Waals surface area contributed by atoms with E-state index < -0.39 is 12.2 Å². The molecule has 124 valence electrons. The molecule has 1 N–H and O–H groups in total. The van der Waals surface area contributed by atoms with Gasteiger partial charge in [0.15, 0.2) is 0 Å². The van der Waals surface area contributed by atoms with E-state index in [1.165, 1.54) is 24.2 Å². The van der Waals surface area contributed by atoms with Crippen molar-refractivity contribution in [1.29, 1.82) is 0 Å². The molecule has 0 bridgehead atoms. The molecule has 6 heteroatoms. The second-order valence-corrected chi connectivity index (χ2v) is 5.71. The van der Waals surface area contributed by atoms with Gasteiger partial charge in [0, 0.05) is 20.6 Å². The number of aliphatic hydroxyl groups excluding tert-OH is 1. The molecule has 1 atom stereocenters. The van der Waals surface area contributed by atoms with Crippen LogP contribution in [0.5, 0.6) is 5.75 Å². The van der Waals surface area contributed by atoms with Gasteiger partial charge in [-0.1, -0.05) is 18.6 Å². The van der Waals surface area contributed by atoms with E-state index in [1.807, 2.05) is 6.07 Å². The molecule has 5 nitrogen and oxygen atoms in total. The van der Waals surface area contributed by atoms with Gasteiger partial charge in [0.05, 0.1) is 6.10 Å². The SMILES string of the molecule is CN(C)C(=O)Oc1cccc(C(O)CN2CCCCC2)c1.Cl. The minimum atomic E-state index is -0.555. The number of hydrogen-bond donors (Lipinski definition) is 1. The first-order valence-electron chi connectivity index (χ1n) is 7.46. The zero-order valence-electron chi connectivity index (χ0n) is 13.2. The molecule has 0 aromatic heterocycles. The van der Waals surface area contributed by atoms with Gasteiger partial charge in [-0.05, 0) is 43.6 Å². The Labute approximate surface area is 138 Å². The Morgan fingerprint density at radius 1 is 1.32 bits per heavy atom. The highest BCUT2D eigenvalue weighted by atomic mass is 35.5. The number of benzene rings is 1. The van der Waals surface area contributed by atoms with E-state index in [0.29, 0.717) is 12.3 Å². The Kier molecular flexibility index (Phi) is 7.65. The fraction of sp³-hybridized carbons (Fsp3) is 0.562. The molecule has 1 heterocycles. The Bertz CT molecular complexity index is 476. The molecule has 1 aliphatic rings. The maximum atomic E-state index is 11.5. The predicted molar refractivity (Wildman–Crippen MR) is 88.7 cm³/mol. The van der Waals surface area contributed by atoms with Crippen LogP contribution in [0.4, 0.5) is 4.79 Å². The van der Waals surface area contributed by atoms with Gasteiger partial charge >= 0.3 is 6.09 Å². The molecule has 1 amide bonds. The summed E-state index contributed by atoms with van der Waals surface area (Å²) in [6.45, 7) is 2.73. The average molecular weight is 329 g/mol. The van der Waals surface area contributed by atoms with Crippen LogP contribution in [0.15, 0.2) is 24.3 Å². The van der Waals surface area contributed by atoms with Crippen molar-refractivity contribution in [3.05, 3.63) is 29.8 Å². The van der Waals surface area contributed by atoms with Crippen molar-refractivity contribution in [1.82, 2.24) is 9.80 Å². The van der Waals surface area contributed by atoms with Gasteiger partial charge in [0.25, 0.3) is 0 Å². The number of carbonyl (C=O) groups excluding carboxylic acids is 1. The Morgan fingerprint density at radius 3 is 2.64 bits per heavy atom. The van der Waals surface area contributed by atoms with Crippen LogP contribution in [0.1, 0.15) is 30.9 Å². The molecule has 0 aliphatic carbocycles. The van der Waals surface area contributed by atoms with Crippen molar-refractivity contribution in [2.24, 2.45) is 0 Å². The fourth-order valence-electron chi connectivity index (χ4n) is 2.47. The number of ether oxygens (including phenoxy) is 1. The van der Waals surface area contributed by atoms with Gasteiger partial charge in [-0.3, -0.25) is 0 Å². The lowest BCUT2D eigenvalue weighted by Gasteiger charge is -2.28. The number of halogens is 1. The van der Waals surface area contributed by atoms with Gasteiger partial charge < -0.3 is 19.6 Å². The Hall–Kier alpha value is -1.30. The lowest BCUT2D eigenvalue weighted by Crippen LogP contribution is -2.33. The standard InChI is InChI=1S/C16H24N2O3.ClH/c1-17(2)16(20)21-14-8-6-7-13(11-14)15(19)12-18-9-4-3-5-10-18;/h6-8,11,15,19H,3-5,9-10,12H2,1-2H3;1H. The number of β-amino-alcohol motifs (C(OH)–C–C–N with tert-alkyl or cyclic N) is 1. The van der Waals surface area contributed by atoms with Crippen LogP contribution in [0.25, 0.3) is 0 Å². The van der Waals surface area contributed by atoms with Crippen LogP contribution in [0, 0.1) is 0 Å². The molecule has 0 saturated carbocycles. The average Bonchev–Trinajstić information content (AvgIpc) is 2.48. The number of aliphatic hydroxyl groups is 1. The molecule has 0 spiro atoms. The van der Waals surface area contributed by atoms with Crippen molar-refractivity contribution >= 4 is 18.5 Å². The zero-order valence-corrected chi connectivity index (χ0v) is 14.0. The summed E-state index contributed by atoms with van der Waals surface area (Å²) in [6, 6.07) is 7.11. The van der Waals surface area contributed by atoms with Crippen LogP contribution >= 0.6 is 12.4 Å². The fourth-order valence-corrected chi connectivity index (χ4v) is 2.47. The lowest BCUT2D eigenvalue weighted by atomic mass is 10.1. The molecule has 1 aliphatic heterocycles. The summed E-state index contributed by atoms with van der Waals surface area (Å²) in [5.41, 5.74) is 0.782. The first kappa shape index (κ1) is 18.7. The van der Waals surface area contributed by atoms with E-state index in [4.69, 9.17) is 4.74 Å². The molecular formula is C16H25ClN2O3. The normalized spacial score (nSPS) is 16.5. The number of rotatable bonds is 4. The monoisotopic (exact) mass is 328 g/mol. The summed E-state index contributed by atoms with van der Waals surface area (Å²) < 4.78 is 5.22. The maximum absolute atomic E-state index is 11.5. The summed E-state index contributed by atoms with van der Waals surface area (Å²) in [6.07, 6.45) is 2.71. The minimum Gasteiger partial charge on any atom is -0.410 e. The second kappa shape index (κ2) is 8.98. The summed E-state index contributed by atoms with van der Waals surface area (Å²) >= 11 is 0. The number of carbonyl (C=O) groups is 1. The summed E-state index contributed by atoms with van der Waals surface area (Å²) in [5.74, 6) is 0.462. The van der Waals surface area contributed by atoms with Crippen LogP contribution in [0.2, 0.25) is 0 Å². The summed E-state index contributed by atoms with van der Waals surface area (Å²) in [7, 11) is 3.27. The van der Waals surface area contributed by atoms with E-state index in [0.717, 1.165) is 18.7 Å². The highest BCUT2D eigenvalue weighted by Gasteiger charge is 2.17. The molecular weight excluding hydrogens is 304 g/mol. The molecule has 1 aromatic rings. The van der Waals surface area contributed by atoms with Crippen LogP contribution in [-0.2, 0) is 0 Å². The van der Waals surface area contributed by atoms with Crippen molar-refractivity contribution in [3.63, 3.8) is 0 Å². The molecule has 0 radical (unpaired) electrons. The van der Waals surface area contributed by atoms with Gasteiger partial charge in [0.2, 0.25) is 0 Å². The Balaban J connectivity index is 0.00000242. The van der Waals surface area contributed by atoms with Crippen molar-refractivity contribution in [2.75, 3.05) is 33.7 Å². The van der Waals surface area contributed by atoms with Gasteiger partial charge in [0.1, 0.15) is 5.75 Å². The summed E-state index contributed by atoms with van der Waals surface area (Å²) in [4.78, 5) is 15.2. The Morgan fingerprint density at radius 2 is 2.00 bits per heavy atom. The number of amides is 1. The molecule has 2 rings (SSSR count). The third kappa shape index (κ3) is 5.48. The van der Waals surface area contributed by atoms with E-state index in [9.17, 15) is 9.90 Å². The van der Waals surface area contributed by atoms with Crippen molar-refractivity contribution in [2.45, 2.75) is 25.4 Å². The molecule has 1 saturated heterocycles.